The largest absolute Gasteiger partial charge is 0.508 e. The third kappa shape index (κ3) is 7.62. The van der Waals surface area contributed by atoms with E-state index in [9.17, 15) is 14.7 Å². The van der Waals surface area contributed by atoms with Crippen LogP contribution in [0.5, 0.6) is 11.5 Å². The first kappa shape index (κ1) is 20.2. The number of hydrogen-bond donors (Lipinski definition) is 1. The molecule has 0 unspecified atom stereocenters. The number of carbonyl (C=O) groups is 2. The van der Waals surface area contributed by atoms with Crippen LogP contribution in [0, 0.1) is 5.92 Å². The molecule has 1 rings (SSSR count). The van der Waals surface area contributed by atoms with Crippen LogP contribution < -0.4 is 4.74 Å². The van der Waals surface area contributed by atoms with E-state index in [0.29, 0.717) is 25.9 Å². The molecule has 4 nitrogen and oxygen atoms in total. The SMILES string of the molecule is CCC(=O)C(CCCCCCCOc1ccc(O)cc1)C(=O)CC. The summed E-state index contributed by atoms with van der Waals surface area (Å²) in [6.07, 6.45) is 6.72. The van der Waals surface area contributed by atoms with Gasteiger partial charge < -0.3 is 9.84 Å². The Kier molecular flexibility index (Phi) is 9.81. The minimum atomic E-state index is -0.377. The second-order valence-corrected chi connectivity index (χ2v) is 6.09. The monoisotopic (exact) mass is 334 g/mol. The molecular weight excluding hydrogens is 304 g/mol. The summed E-state index contributed by atoms with van der Waals surface area (Å²) in [6.45, 7) is 4.31. The number of ether oxygens (including phenoxy) is 1. The summed E-state index contributed by atoms with van der Waals surface area (Å²) in [4.78, 5) is 23.6. The number of ketones is 2. The lowest BCUT2D eigenvalue weighted by atomic mass is 9.90. The van der Waals surface area contributed by atoms with Crippen molar-refractivity contribution in [1.82, 2.24) is 0 Å². The van der Waals surface area contributed by atoms with Crippen LogP contribution in [0.15, 0.2) is 24.3 Å². The van der Waals surface area contributed by atoms with E-state index in [2.05, 4.69) is 0 Å². The highest BCUT2D eigenvalue weighted by Gasteiger charge is 2.22. The van der Waals surface area contributed by atoms with E-state index in [-0.39, 0.29) is 23.2 Å². The molecule has 0 saturated carbocycles. The van der Waals surface area contributed by atoms with Crippen molar-refractivity contribution in [3.63, 3.8) is 0 Å². The van der Waals surface area contributed by atoms with Crippen molar-refractivity contribution in [2.75, 3.05) is 6.61 Å². The number of Topliss-reactive ketones (excluding diaryl/α,β-unsaturated/α-hetero) is 2. The van der Waals surface area contributed by atoms with Crippen molar-refractivity contribution >= 4 is 11.6 Å². The molecule has 0 atom stereocenters. The van der Waals surface area contributed by atoms with E-state index in [1.165, 1.54) is 0 Å². The number of phenolic OH excluding ortho intramolecular Hbond substituents is 1. The van der Waals surface area contributed by atoms with Gasteiger partial charge in [-0.1, -0.05) is 39.5 Å². The number of benzene rings is 1. The Labute approximate surface area is 145 Å². The molecule has 134 valence electrons. The lowest BCUT2D eigenvalue weighted by molar-refractivity contribution is -0.132. The van der Waals surface area contributed by atoms with Gasteiger partial charge in [0.05, 0.1) is 12.5 Å². The van der Waals surface area contributed by atoms with E-state index in [1.54, 1.807) is 24.3 Å². The smallest absolute Gasteiger partial charge is 0.143 e. The van der Waals surface area contributed by atoms with E-state index in [4.69, 9.17) is 4.74 Å². The maximum atomic E-state index is 11.8. The average Bonchev–Trinajstić information content (AvgIpc) is 2.60. The highest BCUT2D eigenvalue weighted by Crippen LogP contribution is 2.18. The molecule has 0 aliphatic rings. The minimum absolute atomic E-state index is 0.0872. The standard InChI is InChI=1S/C20H30O4/c1-3-19(22)18(20(23)4-2)10-8-6-5-7-9-15-24-17-13-11-16(21)12-14-17/h11-14,18,21H,3-10,15H2,1-2H3. The molecule has 0 spiro atoms. The fourth-order valence-electron chi connectivity index (χ4n) is 2.71. The normalized spacial score (nSPS) is 10.8. The number of rotatable bonds is 13. The topological polar surface area (TPSA) is 63.6 Å². The van der Waals surface area contributed by atoms with Crippen LogP contribution in [0.3, 0.4) is 0 Å². The molecule has 0 amide bonds. The van der Waals surface area contributed by atoms with Gasteiger partial charge in [0.25, 0.3) is 0 Å². The highest BCUT2D eigenvalue weighted by atomic mass is 16.5. The number of hydrogen-bond acceptors (Lipinski definition) is 4. The van der Waals surface area contributed by atoms with Crippen molar-refractivity contribution in [3.8, 4) is 11.5 Å². The first-order valence-electron chi connectivity index (χ1n) is 9.05. The van der Waals surface area contributed by atoms with Gasteiger partial charge in [-0.25, -0.2) is 0 Å². The van der Waals surface area contributed by atoms with Gasteiger partial charge in [0, 0.05) is 12.8 Å². The van der Waals surface area contributed by atoms with Crippen molar-refractivity contribution in [2.45, 2.75) is 65.2 Å². The third-order valence-electron chi connectivity index (χ3n) is 4.22. The molecule has 0 heterocycles. The molecule has 4 heteroatoms. The summed E-state index contributed by atoms with van der Waals surface area (Å²) in [5, 5.41) is 9.19. The van der Waals surface area contributed by atoms with Crippen LogP contribution in [0.2, 0.25) is 0 Å². The van der Waals surface area contributed by atoms with Crippen LogP contribution in [-0.4, -0.2) is 23.3 Å². The van der Waals surface area contributed by atoms with E-state index in [0.717, 1.165) is 37.9 Å². The Balaban J connectivity index is 2.09. The fourth-order valence-corrected chi connectivity index (χ4v) is 2.71. The summed E-state index contributed by atoms with van der Waals surface area (Å²) in [7, 11) is 0. The molecule has 24 heavy (non-hydrogen) atoms. The zero-order valence-electron chi connectivity index (χ0n) is 14.9. The van der Waals surface area contributed by atoms with Crippen molar-refractivity contribution in [1.29, 1.82) is 0 Å². The van der Waals surface area contributed by atoms with Gasteiger partial charge in [-0.2, -0.15) is 0 Å². The van der Waals surface area contributed by atoms with Gasteiger partial charge in [0.2, 0.25) is 0 Å². The second-order valence-electron chi connectivity index (χ2n) is 6.09. The van der Waals surface area contributed by atoms with Gasteiger partial charge in [-0.3, -0.25) is 9.59 Å². The minimum Gasteiger partial charge on any atom is -0.508 e. The number of carbonyl (C=O) groups excluding carboxylic acids is 2. The van der Waals surface area contributed by atoms with E-state index in [1.807, 2.05) is 13.8 Å². The summed E-state index contributed by atoms with van der Waals surface area (Å²) in [5.74, 6) is 0.807. The molecule has 1 aromatic rings. The van der Waals surface area contributed by atoms with E-state index < -0.39 is 0 Å². The van der Waals surface area contributed by atoms with Crippen molar-refractivity contribution < 1.29 is 19.4 Å². The molecule has 1 aromatic carbocycles. The quantitative estimate of drug-likeness (QED) is 0.420. The zero-order chi connectivity index (χ0) is 17.8. The Morgan fingerprint density at radius 3 is 2.04 bits per heavy atom. The molecule has 0 aromatic heterocycles. The van der Waals surface area contributed by atoms with Crippen LogP contribution in [-0.2, 0) is 9.59 Å². The molecule has 0 saturated heterocycles. The van der Waals surface area contributed by atoms with E-state index >= 15 is 0 Å². The predicted molar refractivity (Wildman–Crippen MR) is 95.4 cm³/mol. The Morgan fingerprint density at radius 1 is 0.917 bits per heavy atom. The molecule has 0 fully saturated rings. The summed E-state index contributed by atoms with van der Waals surface area (Å²) < 4.78 is 5.60. The number of phenols is 1. The Hall–Kier alpha value is -1.84. The van der Waals surface area contributed by atoms with Gasteiger partial charge in [-0.15, -0.1) is 0 Å². The third-order valence-corrected chi connectivity index (χ3v) is 4.22. The maximum absolute atomic E-state index is 11.8. The molecule has 1 N–H and O–H groups in total. The lowest BCUT2D eigenvalue weighted by Gasteiger charge is -2.12. The van der Waals surface area contributed by atoms with Crippen LogP contribution in [0.25, 0.3) is 0 Å². The first-order chi connectivity index (χ1) is 11.6. The fraction of sp³-hybridized carbons (Fsp3) is 0.600. The summed E-state index contributed by atoms with van der Waals surface area (Å²) >= 11 is 0. The lowest BCUT2D eigenvalue weighted by Crippen LogP contribution is -2.22. The molecule has 0 aliphatic carbocycles. The molecule has 0 bridgehead atoms. The van der Waals surface area contributed by atoms with Crippen LogP contribution in [0.4, 0.5) is 0 Å². The average molecular weight is 334 g/mol. The zero-order valence-corrected chi connectivity index (χ0v) is 14.9. The second kappa shape index (κ2) is 11.7. The molecule has 0 radical (unpaired) electrons. The molecular formula is C20H30O4. The first-order valence-corrected chi connectivity index (χ1v) is 9.05. The van der Waals surface area contributed by atoms with Gasteiger partial charge in [0.1, 0.15) is 23.1 Å². The summed E-state index contributed by atoms with van der Waals surface area (Å²) in [6, 6.07) is 6.73. The van der Waals surface area contributed by atoms with Crippen LogP contribution in [0.1, 0.15) is 65.2 Å². The molecule has 0 aliphatic heterocycles. The Morgan fingerprint density at radius 2 is 1.46 bits per heavy atom. The number of aromatic hydroxyl groups is 1. The van der Waals surface area contributed by atoms with Gasteiger partial charge in [-0.05, 0) is 37.1 Å². The highest BCUT2D eigenvalue weighted by molar-refractivity contribution is 6.02. The Bertz CT molecular complexity index is 477. The van der Waals surface area contributed by atoms with Crippen LogP contribution >= 0.6 is 0 Å². The summed E-state index contributed by atoms with van der Waals surface area (Å²) in [5.41, 5.74) is 0. The van der Waals surface area contributed by atoms with Gasteiger partial charge >= 0.3 is 0 Å². The van der Waals surface area contributed by atoms with Crippen molar-refractivity contribution in [3.05, 3.63) is 24.3 Å². The predicted octanol–water partition coefficient (Wildman–Crippen LogP) is 4.69. The number of unbranched alkanes of at least 4 members (excludes halogenated alkanes) is 4. The maximum Gasteiger partial charge on any atom is 0.143 e. The van der Waals surface area contributed by atoms with Gasteiger partial charge in [0.15, 0.2) is 0 Å². The van der Waals surface area contributed by atoms with Crippen molar-refractivity contribution in [2.24, 2.45) is 5.92 Å².